The summed E-state index contributed by atoms with van der Waals surface area (Å²) in [6, 6.07) is 0. The minimum atomic E-state index is 0.230. The zero-order chi connectivity index (χ0) is 16.5. The summed E-state index contributed by atoms with van der Waals surface area (Å²) in [5, 5.41) is 3.10. The highest BCUT2D eigenvalue weighted by Gasteiger charge is 2.19. The molecular formula is C19H39NO. The maximum atomic E-state index is 11.9. The molecule has 0 fully saturated rings. The molecule has 2 atom stereocenters. The van der Waals surface area contributed by atoms with Crippen molar-refractivity contribution in [2.24, 2.45) is 23.2 Å². The molecule has 0 aromatic rings. The van der Waals surface area contributed by atoms with E-state index in [1.54, 1.807) is 0 Å². The van der Waals surface area contributed by atoms with Crippen LogP contribution in [0.5, 0.6) is 0 Å². The van der Waals surface area contributed by atoms with Gasteiger partial charge in [-0.3, -0.25) is 4.79 Å². The fourth-order valence-corrected chi connectivity index (χ4v) is 3.07. The van der Waals surface area contributed by atoms with Crippen LogP contribution in [0.1, 0.15) is 87.0 Å². The van der Waals surface area contributed by atoms with Gasteiger partial charge in [0.1, 0.15) is 0 Å². The lowest BCUT2D eigenvalue weighted by Gasteiger charge is -2.26. The van der Waals surface area contributed by atoms with E-state index in [9.17, 15) is 4.79 Å². The predicted octanol–water partition coefficient (Wildman–Crippen LogP) is 5.42. The van der Waals surface area contributed by atoms with Crippen molar-refractivity contribution in [1.82, 2.24) is 5.32 Å². The van der Waals surface area contributed by atoms with E-state index in [4.69, 9.17) is 0 Å². The lowest BCUT2D eigenvalue weighted by atomic mass is 9.81. The average molecular weight is 298 g/mol. The number of rotatable bonds is 11. The molecule has 2 heteroatoms. The number of hydrogen-bond donors (Lipinski definition) is 1. The summed E-state index contributed by atoms with van der Waals surface area (Å²) in [4.78, 5) is 11.9. The largest absolute Gasteiger partial charge is 0.356 e. The zero-order valence-electron chi connectivity index (χ0n) is 15.6. The molecule has 1 N–H and O–H groups in total. The fraction of sp³-hybridized carbons (Fsp3) is 0.947. The van der Waals surface area contributed by atoms with E-state index >= 15 is 0 Å². The van der Waals surface area contributed by atoms with Crippen molar-refractivity contribution in [3.8, 4) is 0 Å². The molecule has 0 saturated heterocycles. The van der Waals surface area contributed by atoms with Crippen molar-refractivity contribution in [1.29, 1.82) is 0 Å². The molecule has 0 aromatic heterocycles. The Hall–Kier alpha value is -0.530. The van der Waals surface area contributed by atoms with Gasteiger partial charge in [0.2, 0.25) is 5.91 Å². The Bertz CT molecular complexity index is 283. The van der Waals surface area contributed by atoms with Gasteiger partial charge in [0.25, 0.3) is 0 Å². The Morgan fingerprint density at radius 2 is 1.71 bits per heavy atom. The van der Waals surface area contributed by atoms with Crippen LogP contribution in [0.3, 0.4) is 0 Å². The first kappa shape index (κ1) is 20.5. The number of amides is 1. The van der Waals surface area contributed by atoms with Gasteiger partial charge in [0.05, 0.1) is 0 Å². The monoisotopic (exact) mass is 297 g/mol. The third-order valence-corrected chi connectivity index (χ3v) is 4.48. The molecule has 0 bridgehead atoms. The van der Waals surface area contributed by atoms with E-state index in [-0.39, 0.29) is 5.91 Å². The lowest BCUT2D eigenvalue weighted by Crippen LogP contribution is -2.30. The van der Waals surface area contributed by atoms with Crippen molar-refractivity contribution < 1.29 is 4.79 Å². The highest BCUT2D eigenvalue weighted by molar-refractivity contribution is 5.75. The summed E-state index contributed by atoms with van der Waals surface area (Å²) in [6.07, 6.45) is 6.52. The Morgan fingerprint density at radius 3 is 2.24 bits per heavy atom. The van der Waals surface area contributed by atoms with Gasteiger partial charge in [0, 0.05) is 13.0 Å². The first-order chi connectivity index (χ1) is 9.66. The molecule has 1 amide bonds. The molecule has 2 unspecified atom stereocenters. The van der Waals surface area contributed by atoms with Crippen molar-refractivity contribution in [3.05, 3.63) is 0 Å². The summed E-state index contributed by atoms with van der Waals surface area (Å²) in [6.45, 7) is 16.7. The maximum Gasteiger partial charge on any atom is 0.220 e. The van der Waals surface area contributed by atoms with Crippen LogP contribution in [0, 0.1) is 23.2 Å². The van der Waals surface area contributed by atoms with E-state index in [0.717, 1.165) is 24.8 Å². The van der Waals surface area contributed by atoms with E-state index < -0.39 is 0 Å². The third-order valence-electron chi connectivity index (χ3n) is 4.48. The fourth-order valence-electron chi connectivity index (χ4n) is 3.07. The molecule has 21 heavy (non-hydrogen) atoms. The van der Waals surface area contributed by atoms with Crippen LogP contribution in [-0.2, 0) is 4.79 Å². The Kier molecular flexibility index (Phi) is 9.98. The molecule has 0 heterocycles. The summed E-state index contributed by atoms with van der Waals surface area (Å²) >= 11 is 0. The van der Waals surface area contributed by atoms with Crippen molar-refractivity contribution in [2.45, 2.75) is 87.0 Å². The molecule has 0 rings (SSSR count). The quantitative estimate of drug-likeness (QED) is 0.542. The van der Waals surface area contributed by atoms with Crippen LogP contribution in [-0.4, -0.2) is 12.5 Å². The number of carbonyl (C=O) groups is 1. The third kappa shape index (κ3) is 11.8. The van der Waals surface area contributed by atoms with Gasteiger partial charge >= 0.3 is 0 Å². The van der Waals surface area contributed by atoms with Crippen molar-refractivity contribution >= 4 is 5.91 Å². The molecule has 0 saturated carbocycles. The van der Waals surface area contributed by atoms with Crippen LogP contribution in [0.25, 0.3) is 0 Å². The van der Waals surface area contributed by atoms with E-state index in [2.05, 4.69) is 53.8 Å². The van der Waals surface area contributed by atoms with Crippen LogP contribution in [0.4, 0.5) is 0 Å². The molecule has 0 aromatic carbocycles. The molecule has 0 aliphatic heterocycles. The summed E-state index contributed by atoms with van der Waals surface area (Å²) < 4.78 is 0. The van der Waals surface area contributed by atoms with Gasteiger partial charge in [-0.1, -0.05) is 61.3 Å². The van der Waals surface area contributed by atoms with Crippen molar-refractivity contribution in [2.75, 3.05) is 6.54 Å². The highest BCUT2D eigenvalue weighted by atomic mass is 16.1. The van der Waals surface area contributed by atoms with Crippen LogP contribution < -0.4 is 5.32 Å². The minimum absolute atomic E-state index is 0.230. The number of hydrogen-bond acceptors (Lipinski definition) is 1. The second kappa shape index (κ2) is 10.2. The first-order valence-electron chi connectivity index (χ1n) is 8.93. The molecule has 0 radical (unpaired) electrons. The van der Waals surface area contributed by atoms with Gasteiger partial charge in [-0.05, 0) is 42.4 Å². The summed E-state index contributed by atoms with van der Waals surface area (Å²) in [5.41, 5.74) is 0.385. The SMILES string of the molecule is CCC(C)(C)CC(C)CNC(=O)CCCC(C)CC(C)C. The highest BCUT2D eigenvalue weighted by Crippen LogP contribution is 2.28. The topological polar surface area (TPSA) is 29.1 Å². The molecular weight excluding hydrogens is 258 g/mol. The molecule has 0 aliphatic rings. The first-order valence-corrected chi connectivity index (χ1v) is 8.93. The normalized spacial score (nSPS) is 15.0. The van der Waals surface area contributed by atoms with E-state index in [0.29, 0.717) is 17.8 Å². The number of nitrogens with one attached hydrogen (secondary N) is 1. The molecule has 126 valence electrons. The average Bonchev–Trinajstić information content (AvgIpc) is 2.35. The Morgan fingerprint density at radius 1 is 1.10 bits per heavy atom. The predicted molar refractivity (Wildman–Crippen MR) is 93.3 cm³/mol. The van der Waals surface area contributed by atoms with Gasteiger partial charge in [0.15, 0.2) is 0 Å². The van der Waals surface area contributed by atoms with Crippen molar-refractivity contribution in [3.63, 3.8) is 0 Å². The van der Waals surface area contributed by atoms with Gasteiger partial charge < -0.3 is 5.32 Å². The van der Waals surface area contributed by atoms with Crippen LogP contribution in [0.2, 0.25) is 0 Å². The van der Waals surface area contributed by atoms with Gasteiger partial charge in [-0.15, -0.1) is 0 Å². The second-order valence-corrected chi connectivity index (χ2v) is 8.26. The standard InChI is InChI=1S/C19H39NO/c1-8-19(6,7)13-17(5)14-20-18(21)11-9-10-16(4)12-15(2)3/h15-17H,8-14H2,1-7H3,(H,20,21). The van der Waals surface area contributed by atoms with E-state index in [1.165, 1.54) is 25.7 Å². The zero-order valence-corrected chi connectivity index (χ0v) is 15.6. The van der Waals surface area contributed by atoms with Crippen LogP contribution >= 0.6 is 0 Å². The summed E-state index contributed by atoms with van der Waals surface area (Å²) in [7, 11) is 0. The minimum Gasteiger partial charge on any atom is -0.356 e. The summed E-state index contributed by atoms with van der Waals surface area (Å²) in [5.74, 6) is 2.29. The second-order valence-electron chi connectivity index (χ2n) is 8.26. The molecule has 2 nitrogen and oxygen atoms in total. The van der Waals surface area contributed by atoms with Crippen LogP contribution in [0.15, 0.2) is 0 Å². The van der Waals surface area contributed by atoms with E-state index in [1.807, 2.05) is 0 Å². The molecule has 0 spiro atoms. The Labute approximate surface area is 133 Å². The number of carbonyl (C=O) groups excluding carboxylic acids is 1. The lowest BCUT2D eigenvalue weighted by molar-refractivity contribution is -0.121. The molecule has 0 aliphatic carbocycles. The smallest absolute Gasteiger partial charge is 0.220 e. The maximum absolute atomic E-state index is 11.9. The Balaban J connectivity index is 3.76. The van der Waals surface area contributed by atoms with Gasteiger partial charge in [-0.2, -0.15) is 0 Å². The van der Waals surface area contributed by atoms with Gasteiger partial charge in [-0.25, -0.2) is 0 Å².